The highest BCUT2D eigenvalue weighted by Gasteiger charge is 2.44. The molecule has 7 nitrogen and oxygen atoms in total. The number of nitrogens with one attached hydrogen (secondary N) is 1. The van der Waals surface area contributed by atoms with Crippen LogP contribution in [0.15, 0.2) is 53.4 Å². The van der Waals surface area contributed by atoms with Gasteiger partial charge in [-0.1, -0.05) is 42.7 Å². The van der Waals surface area contributed by atoms with Gasteiger partial charge in [0.05, 0.1) is 10.9 Å². The predicted octanol–water partition coefficient (Wildman–Crippen LogP) is 4.70. The molecule has 2 fully saturated rings. The summed E-state index contributed by atoms with van der Waals surface area (Å²) in [6, 6.07) is 15.6. The fraction of sp³-hybridized carbons (Fsp3) is 0.552. The summed E-state index contributed by atoms with van der Waals surface area (Å²) in [6.07, 6.45) is 6.52. The molecular weight excluding hydrogens is 486 g/mol. The van der Waals surface area contributed by atoms with Crippen molar-refractivity contribution in [3.8, 4) is 0 Å². The number of nitrogens with zero attached hydrogens (tertiary/aromatic N) is 2. The van der Waals surface area contributed by atoms with Crippen LogP contribution in [0, 0.1) is 18.8 Å². The van der Waals surface area contributed by atoms with Crippen LogP contribution in [0.25, 0.3) is 0 Å². The molecule has 0 spiro atoms. The fourth-order valence-corrected chi connectivity index (χ4v) is 7.46. The molecule has 2 aliphatic rings. The number of benzene rings is 2. The van der Waals surface area contributed by atoms with Crippen LogP contribution in [0.5, 0.6) is 0 Å². The van der Waals surface area contributed by atoms with Gasteiger partial charge in [-0.2, -0.15) is 4.31 Å². The predicted molar refractivity (Wildman–Crippen MR) is 147 cm³/mol. The number of carbonyl (C=O) groups excluding carboxylic acids is 1. The summed E-state index contributed by atoms with van der Waals surface area (Å²) in [6.45, 7) is 3.74. The molecule has 1 aliphatic heterocycles. The average Bonchev–Trinajstić information content (AvgIpc) is 3.27. The highest BCUT2D eigenvalue weighted by atomic mass is 32.2. The van der Waals surface area contributed by atoms with Crippen molar-refractivity contribution in [2.24, 2.45) is 11.8 Å². The second-order valence-corrected chi connectivity index (χ2v) is 12.9. The van der Waals surface area contributed by atoms with E-state index in [4.69, 9.17) is 4.84 Å². The van der Waals surface area contributed by atoms with Gasteiger partial charge in [0.25, 0.3) is 0 Å². The molecule has 2 aromatic rings. The van der Waals surface area contributed by atoms with Gasteiger partial charge in [-0.3, -0.25) is 9.63 Å². The molecule has 4 rings (SSSR count). The zero-order valence-corrected chi connectivity index (χ0v) is 23.3. The molecule has 1 saturated carbocycles. The topological polar surface area (TPSA) is 79.0 Å². The molecule has 1 saturated heterocycles. The number of hydrogen-bond donors (Lipinski definition) is 1. The summed E-state index contributed by atoms with van der Waals surface area (Å²) in [5, 5.41) is 0. The van der Waals surface area contributed by atoms with E-state index in [-0.39, 0.29) is 18.1 Å². The van der Waals surface area contributed by atoms with Gasteiger partial charge in [0, 0.05) is 33.3 Å². The Morgan fingerprint density at radius 2 is 1.59 bits per heavy atom. The number of rotatable bonds is 9. The van der Waals surface area contributed by atoms with Crippen LogP contribution in [-0.2, 0) is 26.1 Å². The third kappa shape index (κ3) is 6.92. The van der Waals surface area contributed by atoms with Gasteiger partial charge in [0.2, 0.25) is 15.9 Å². The lowest BCUT2D eigenvalue weighted by atomic mass is 9.77. The van der Waals surface area contributed by atoms with Crippen LogP contribution in [0.2, 0.25) is 0 Å². The first-order valence-corrected chi connectivity index (χ1v) is 14.8. The van der Waals surface area contributed by atoms with Crippen LogP contribution in [0.4, 0.5) is 5.69 Å². The maximum absolute atomic E-state index is 13.6. The monoisotopic (exact) mass is 527 g/mol. The van der Waals surface area contributed by atoms with Gasteiger partial charge < -0.3 is 4.90 Å². The summed E-state index contributed by atoms with van der Waals surface area (Å²) < 4.78 is 28.8. The lowest BCUT2D eigenvalue weighted by Crippen LogP contribution is -2.43. The molecule has 2 atom stereocenters. The van der Waals surface area contributed by atoms with Crippen molar-refractivity contribution in [1.29, 1.82) is 0 Å². The summed E-state index contributed by atoms with van der Waals surface area (Å²) in [4.78, 5) is 19.6. The molecule has 1 heterocycles. The molecule has 202 valence electrons. The van der Waals surface area contributed by atoms with E-state index in [9.17, 15) is 13.2 Å². The summed E-state index contributed by atoms with van der Waals surface area (Å²) in [7, 11) is 0.459. The summed E-state index contributed by atoms with van der Waals surface area (Å²) >= 11 is 0. The first-order valence-electron chi connectivity index (χ1n) is 13.4. The van der Waals surface area contributed by atoms with Crippen LogP contribution in [0.3, 0.4) is 0 Å². The average molecular weight is 528 g/mol. The maximum atomic E-state index is 13.6. The number of sulfonamides is 1. The standard InChI is InChI=1S/C29H41N3O4S/c1-21-5-15-27(16-6-21)37(34,35)32-18-17-29(36-30-22(2)33)28(32)20-25-9-7-23(8-10-25)19-24-11-13-26(14-12-24)31(3)4/h5-6,11-16,23,25,28-29H,7-10,17-20H2,1-4H3,(H,30,33). The molecule has 0 radical (unpaired) electrons. The lowest BCUT2D eigenvalue weighted by molar-refractivity contribution is -0.137. The minimum Gasteiger partial charge on any atom is -0.378 e. The Balaban J connectivity index is 1.40. The highest BCUT2D eigenvalue weighted by molar-refractivity contribution is 7.89. The number of hydroxylamine groups is 1. The van der Waals surface area contributed by atoms with E-state index < -0.39 is 10.0 Å². The van der Waals surface area contributed by atoms with Crippen molar-refractivity contribution in [1.82, 2.24) is 9.79 Å². The molecular formula is C29H41N3O4S. The van der Waals surface area contributed by atoms with Crippen LogP contribution in [-0.4, -0.2) is 51.4 Å². The normalized spacial score (nSPS) is 24.6. The van der Waals surface area contributed by atoms with Gasteiger partial charge >= 0.3 is 0 Å². The van der Waals surface area contributed by atoms with Crippen LogP contribution in [0.1, 0.15) is 56.6 Å². The number of anilines is 1. The van der Waals surface area contributed by atoms with Crippen molar-refractivity contribution in [2.45, 2.75) is 75.8 Å². The highest BCUT2D eigenvalue weighted by Crippen LogP contribution is 2.38. The third-order valence-electron chi connectivity index (χ3n) is 7.93. The minimum atomic E-state index is -3.65. The minimum absolute atomic E-state index is 0.280. The molecule has 0 aromatic heterocycles. The van der Waals surface area contributed by atoms with E-state index in [0.717, 1.165) is 44.1 Å². The molecule has 2 aromatic carbocycles. The molecule has 0 bridgehead atoms. The number of hydrogen-bond acceptors (Lipinski definition) is 5. The van der Waals surface area contributed by atoms with Crippen LogP contribution >= 0.6 is 0 Å². The Hall–Kier alpha value is -2.42. The number of carbonyl (C=O) groups is 1. The molecule has 1 aliphatic carbocycles. The Bertz CT molecular complexity index is 1140. The molecule has 1 N–H and O–H groups in total. The van der Waals surface area contributed by atoms with E-state index in [1.54, 1.807) is 16.4 Å². The van der Waals surface area contributed by atoms with Crippen molar-refractivity contribution >= 4 is 21.6 Å². The van der Waals surface area contributed by atoms with E-state index in [1.165, 1.54) is 18.2 Å². The van der Waals surface area contributed by atoms with Gasteiger partial charge in [-0.25, -0.2) is 13.9 Å². The van der Waals surface area contributed by atoms with E-state index in [2.05, 4.69) is 48.7 Å². The third-order valence-corrected chi connectivity index (χ3v) is 9.87. The Kier molecular flexibility index (Phi) is 8.93. The number of amides is 1. The first kappa shape index (κ1) is 27.6. The quantitative estimate of drug-likeness (QED) is 0.478. The molecule has 8 heteroatoms. The van der Waals surface area contributed by atoms with Gasteiger partial charge in [0.15, 0.2) is 0 Å². The van der Waals surface area contributed by atoms with Gasteiger partial charge in [0.1, 0.15) is 6.10 Å². The van der Waals surface area contributed by atoms with Crippen LogP contribution < -0.4 is 10.4 Å². The van der Waals surface area contributed by atoms with Crippen molar-refractivity contribution < 1.29 is 18.0 Å². The Morgan fingerprint density at radius 1 is 0.973 bits per heavy atom. The van der Waals surface area contributed by atoms with E-state index in [0.29, 0.717) is 29.7 Å². The van der Waals surface area contributed by atoms with E-state index >= 15 is 0 Å². The number of aryl methyl sites for hydroxylation is 1. The first-order chi connectivity index (χ1) is 17.6. The van der Waals surface area contributed by atoms with Crippen molar-refractivity contribution in [3.05, 3.63) is 59.7 Å². The van der Waals surface area contributed by atoms with Crippen molar-refractivity contribution in [2.75, 3.05) is 25.5 Å². The Morgan fingerprint density at radius 3 is 2.19 bits per heavy atom. The van der Waals surface area contributed by atoms with E-state index in [1.807, 2.05) is 19.1 Å². The largest absolute Gasteiger partial charge is 0.378 e. The SMILES string of the molecule is CC(=O)NOC1CCN(S(=O)(=O)c2ccc(C)cc2)C1CC1CCC(Cc2ccc(N(C)C)cc2)CC1. The smallest absolute Gasteiger partial charge is 0.243 e. The van der Waals surface area contributed by atoms with Gasteiger partial charge in [-0.15, -0.1) is 0 Å². The zero-order chi connectivity index (χ0) is 26.6. The zero-order valence-electron chi connectivity index (χ0n) is 22.5. The maximum Gasteiger partial charge on any atom is 0.243 e. The summed E-state index contributed by atoms with van der Waals surface area (Å²) in [5.41, 5.74) is 6.07. The fourth-order valence-electron chi connectivity index (χ4n) is 5.78. The Labute approximate surface area is 222 Å². The molecule has 1 amide bonds. The molecule has 2 unspecified atom stereocenters. The second kappa shape index (κ2) is 12.0. The molecule has 37 heavy (non-hydrogen) atoms. The van der Waals surface area contributed by atoms with Crippen molar-refractivity contribution in [3.63, 3.8) is 0 Å². The van der Waals surface area contributed by atoms with Gasteiger partial charge in [-0.05, 0) is 80.7 Å². The second-order valence-electron chi connectivity index (χ2n) is 11.0. The summed E-state index contributed by atoms with van der Waals surface area (Å²) in [5.74, 6) is 0.816. The lowest BCUT2D eigenvalue weighted by Gasteiger charge is -2.34.